The molecule has 0 spiro atoms. The number of para-hydroxylation sites is 1. The lowest BCUT2D eigenvalue weighted by Crippen LogP contribution is -2.59. The first-order valence-corrected chi connectivity index (χ1v) is 15.7. The van der Waals surface area contributed by atoms with Crippen LogP contribution in [-0.4, -0.2) is 47.7 Å². The fourth-order valence-corrected chi connectivity index (χ4v) is 8.30. The number of ether oxygens (including phenoxy) is 1. The van der Waals surface area contributed by atoms with Crippen molar-refractivity contribution in [1.29, 1.82) is 0 Å². The normalized spacial score (nSPS) is 24.4. The molecule has 7 rings (SSSR count). The number of benzene rings is 3. The van der Waals surface area contributed by atoms with E-state index in [1.165, 1.54) is 37.5 Å². The Morgan fingerprint density at radius 3 is 2.12 bits per heavy atom. The molecule has 1 saturated carbocycles. The molecule has 254 valence electrons. The summed E-state index contributed by atoms with van der Waals surface area (Å²) in [5.41, 5.74) is -3.59. The fraction of sp³-hybridized carbons (Fsp3) is 0.226. The number of carbonyl (C=O) groups is 2. The maximum absolute atomic E-state index is 15.2. The summed E-state index contributed by atoms with van der Waals surface area (Å²) in [5, 5.41) is 11.4. The minimum absolute atomic E-state index is 0.0643. The molecule has 1 N–H and O–H groups in total. The first kappa shape index (κ1) is 33.1. The minimum atomic E-state index is -2.84. The van der Waals surface area contributed by atoms with Crippen molar-refractivity contribution in [2.75, 3.05) is 12.0 Å². The molecule has 10 nitrogen and oxygen atoms in total. The van der Waals surface area contributed by atoms with Crippen molar-refractivity contribution in [2.45, 2.75) is 34.7 Å². The number of hydrogen-bond donors (Lipinski definition) is 1. The largest absolute Gasteiger partial charge is 0.504 e. The monoisotopic (exact) mass is 786 g/mol. The lowest BCUT2D eigenvalue weighted by Gasteiger charge is -2.49. The number of hydrogen-bond acceptors (Lipinski definition) is 6. The molecule has 49 heavy (non-hydrogen) atoms. The van der Waals surface area contributed by atoms with Crippen LogP contribution in [0.25, 0.3) is 5.69 Å². The zero-order valence-corrected chi connectivity index (χ0v) is 27.6. The zero-order valence-electron chi connectivity index (χ0n) is 24.5. The van der Waals surface area contributed by atoms with Gasteiger partial charge in [0.1, 0.15) is 5.69 Å². The minimum Gasteiger partial charge on any atom is -0.504 e. The number of aromatic nitrogens is 3. The summed E-state index contributed by atoms with van der Waals surface area (Å²) in [5.74, 6) is -18.4. The predicted octanol–water partition coefficient (Wildman–Crippen LogP) is 5.17. The van der Waals surface area contributed by atoms with Crippen LogP contribution in [-0.2, 0) is 16.1 Å². The zero-order chi connectivity index (χ0) is 35.5. The lowest BCUT2D eigenvalue weighted by molar-refractivity contribution is -0.122. The van der Waals surface area contributed by atoms with Crippen LogP contribution in [0, 0.1) is 29.1 Å². The molecule has 4 aromatic rings. The number of amides is 2. The molecule has 3 heterocycles. The highest BCUT2D eigenvalue weighted by atomic mass is 79.9. The van der Waals surface area contributed by atoms with Crippen molar-refractivity contribution in [3.05, 3.63) is 114 Å². The van der Waals surface area contributed by atoms with Crippen LogP contribution in [0.5, 0.6) is 11.5 Å². The maximum Gasteiger partial charge on any atom is 0.352 e. The van der Waals surface area contributed by atoms with E-state index in [2.05, 4.69) is 15.9 Å². The Balaban J connectivity index is 1.53. The van der Waals surface area contributed by atoms with E-state index in [1.807, 2.05) is 0 Å². The Hall–Kier alpha value is -4.41. The van der Waals surface area contributed by atoms with Crippen molar-refractivity contribution in [1.82, 2.24) is 13.9 Å². The Morgan fingerprint density at radius 1 is 0.898 bits per heavy atom. The molecule has 0 bridgehead atoms. The molecule has 2 aliphatic heterocycles. The first-order chi connectivity index (χ1) is 23.1. The number of nitrogens with zero attached hydrogens (tertiary/aromatic N) is 4. The third-order valence-electron chi connectivity index (χ3n) is 9.10. The molecule has 3 aromatic carbocycles. The highest BCUT2D eigenvalue weighted by Gasteiger charge is 2.76. The van der Waals surface area contributed by atoms with Gasteiger partial charge in [0.15, 0.2) is 44.5 Å². The van der Waals surface area contributed by atoms with Gasteiger partial charge in [-0.05, 0) is 29.8 Å². The summed E-state index contributed by atoms with van der Waals surface area (Å²) < 4.78 is 81.6. The molecule has 1 aliphatic carbocycles. The van der Waals surface area contributed by atoms with Gasteiger partial charge in [-0.3, -0.25) is 9.59 Å². The Labute approximate surface area is 289 Å². The number of halogens is 8. The number of phenolic OH excluding ortho intramolecular Hbond substituents is 1. The number of allylic oxidation sites excluding steroid dienone is 2. The summed E-state index contributed by atoms with van der Waals surface area (Å²) >= 11 is 17.4. The van der Waals surface area contributed by atoms with E-state index in [1.54, 1.807) is 18.2 Å². The predicted molar refractivity (Wildman–Crippen MR) is 167 cm³/mol. The number of carbonyl (C=O) groups excluding carboxylic acids is 2. The second kappa shape index (κ2) is 11.1. The summed E-state index contributed by atoms with van der Waals surface area (Å²) in [6.07, 6.45) is 0.624. The van der Waals surface area contributed by atoms with Gasteiger partial charge in [0.25, 0.3) is 11.8 Å². The number of methoxy groups -OCH3 is 1. The average molecular weight is 788 g/mol. The summed E-state index contributed by atoms with van der Waals surface area (Å²) in [6, 6.07) is 9.05. The van der Waals surface area contributed by atoms with Crippen molar-refractivity contribution >= 4 is 56.6 Å². The Kier molecular flexibility index (Phi) is 7.47. The van der Waals surface area contributed by atoms with Crippen molar-refractivity contribution in [3.63, 3.8) is 0 Å². The van der Waals surface area contributed by atoms with Crippen LogP contribution < -0.4 is 21.0 Å². The highest BCUT2D eigenvalue weighted by Crippen LogP contribution is 2.65. The van der Waals surface area contributed by atoms with Gasteiger partial charge in [-0.2, -0.15) is 0 Å². The van der Waals surface area contributed by atoms with Crippen molar-refractivity contribution < 1.29 is 41.4 Å². The standard InChI is InChI=1S/C31H18BrCl2F5N4O6/c1-49-17-10-12(32)9-15(25(17)44)18-14-7-8-40-28(47)41(13-5-3-2-4-6-13)29(48)43(40)16(14)11-30(33)26(45)42(27(46)31(18,30)34)24-22(38)20(36)19(35)21(37)23(24)39/h2-7,9-10,16,18,44H,8,11H2,1H3. The van der Waals surface area contributed by atoms with Crippen LogP contribution in [0.15, 0.2) is 68.2 Å². The smallest absolute Gasteiger partial charge is 0.352 e. The van der Waals surface area contributed by atoms with E-state index >= 15 is 8.78 Å². The average Bonchev–Trinajstić information content (AvgIpc) is 3.42. The number of phenols is 1. The maximum atomic E-state index is 15.2. The van der Waals surface area contributed by atoms with Gasteiger partial charge in [0.2, 0.25) is 5.82 Å². The second-order valence-corrected chi connectivity index (χ2v) is 13.6. The summed E-state index contributed by atoms with van der Waals surface area (Å²) in [7, 11) is 1.21. The number of alkyl halides is 2. The van der Waals surface area contributed by atoms with E-state index in [0.29, 0.717) is 0 Å². The topological polar surface area (TPSA) is 116 Å². The van der Waals surface area contributed by atoms with E-state index in [-0.39, 0.29) is 38.5 Å². The van der Waals surface area contributed by atoms with Crippen LogP contribution in [0.3, 0.4) is 0 Å². The number of aromatic hydroxyl groups is 1. The SMILES string of the molecule is COc1cc(Br)cc(C2C3=CCn4c(=O)n(-c5ccccc5)c(=O)n4C3CC3(Cl)C(=O)N(c4c(F)c(F)c(F)c(F)c4F)C(=O)C23Cl)c1O. The van der Waals surface area contributed by atoms with Crippen LogP contribution in [0.4, 0.5) is 27.6 Å². The fourth-order valence-electron chi connectivity index (χ4n) is 6.94. The Bertz CT molecular complexity index is 2280. The van der Waals surface area contributed by atoms with Gasteiger partial charge in [-0.25, -0.2) is 50.4 Å². The molecule has 4 unspecified atom stereocenters. The van der Waals surface area contributed by atoms with Crippen LogP contribution in [0.2, 0.25) is 0 Å². The van der Waals surface area contributed by atoms with E-state index < -0.39 is 91.8 Å². The molecule has 0 radical (unpaired) electrons. The van der Waals surface area contributed by atoms with Crippen molar-refractivity contribution in [3.8, 4) is 17.2 Å². The van der Waals surface area contributed by atoms with E-state index in [4.69, 9.17) is 27.9 Å². The van der Waals surface area contributed by atoms with E-state index in [0.717, 1.165) is 13.9 Å². The Morgan fingerprint density at radius 2 is 1.51 bits per heavy atom. The number of imide groups is 1. The van der Waals surface area contributed by atoms with Crippen LogP contribution >= 0.6 is 39.1 Å². The third-order valence-corrected chi connectivity index (χ3v) is 11.0. The molecular formula is C31H18BrCl2F5N4O6. The second-order valence-electron chi connectivity index (χ2n) is 11.4. The summed E-state index contributed by atoms with van der Waals surface area (Å²) in [6.45, 7) is -0.298. The number of rotatable bonds is 4. The lowest BCUT2D eigenvalue weighted by atomic mass is 9.64. The molecule has 4 atom stereocenters. The number of anilines is 1. The number of fused-ring (bicyclic) bond motifs is 4. The highest BCUT2D eigenvalue weighted by molar-refractivity contribution is 9.10. The molecule has 2 fully saturated rings. The van der Waals surface area contributed by atoms with Gasteiger partial charge < -0.3 is 9.84 Å². The van der Waals surface area contributed by atoms with Gasteiger partial charge >= 0.3 is 11.4 Å². The van der Waals surface area contributed by atoms with Gasteiger partial charge in [-0.1, -0.05) is 40.2 Å². The molecule has 1 aromatic heterocycles. The van der Waals surface area contributed by atoms with E-state index in [9.17, 15) is 37.5 Å². The summed E-state index contributed by atoms with van der Waals surface area (Å²) in [4.78, 5) is 50.3. The van der Waals surface area contributed by atoms with Gasteiger partial charge in [-0.15, -0.1) is 23.2 Å². The first-order valence-electron chi connectivity index (χ1n) is 14.2. The molecule has 2 amide bonds. The molecule has 3 aliphatic rings. The molecule has 1 saturated heterocycles. The molecule has 18 heteroatoms. The van der Waals surface area contributed by atoms with Crippen molar-refractivity contribution in [2.24, 2.45) is 0 Å². The van der Waals surface area contributed by atoms with Crippen LogP contribution in [0.1, 0.15) is 23.9 Å². The van der Waals surface area contributed by atoms with Gasteiger partial charge in [0, 0.05) is 22.4 Å². The third kappa shape index (κ3) is 4.16. The van der Waals surface area contributed by atoms with Gasteiger partial charge in [0.05, 0.1) is 25.4 Å². The molecular weight excluding hydrogens is 770 g/mol. The quantitative estimate of drug-likeness (QED) is 0.0763.